The number of halogens is 1. The summed E-state index contributed by atoms with van der Waals surface area (Å²) in [5.41, 5.74) is 1.05. The van der Waals surface area contributed by atoms with Crippen molar-refractivity contribution in [3.05, 3.63) is 51.8 Å². The summed E-state index contributed by atoms with van der Waals surface area (Å²) < 4.78 is 25.4. The number of nitrogens with zero attached hydrogens (tertiary/aromatic N) is 3. The van der Waals surface area contributed by atoms with Crippen LogP contribution < -0.4 is 20.7 Å². The second-order valence-electron chi connectivity index (χ2n) is 7.67. The fourth-order valence-corrected chi connectivity index (χ4v) is 4.97. The van der Waals surface area contributed by atoms with Gasteiger partial charge in [0.05, 0.1) is 12.2 Å². The molecule has 8 nitrogen and oxygen atoms in total. The summed E-state index contributed by atoms with van der Waals surface area (Å²) in [6, 6.07) is 7.31. The Bertz CT molecular complexity index is 1190. The maximum Gasteiger partial charge on any atom is 0.259 e. The molecule has 1 saturated carbocycles. The zero-order chi connectivity index (χ0) is 21.3. The lowest BCUT2D eigenvalue weighted by Crippen LogP contribution is -2.40. The molecule has 2 heterocycles. The zero-order valence-electron chi connectivity index (χ0n) is 16.4. The number of rotatable bonds is 5. The number of nitrogens with one attached hydrogen (secondary N) is 2. The molecule has 158 valence electrons. The minimum Gasteiger partial charge on any atom is -0.351 e. The number of benzene rings is 1. The van der Waals surface area contributed by atoms with Gasteiger partial charge in [0.1, 0.15) is 0 Å². The Morgan fingerprint density at radius 2 is 1.80 bits per heavy atom. The third-order valence-electron chi connectivity index (χ3n) is 5.31. The highest BCUT2D eigenvalue weighted by molar-refractivity contribution is 7.88. The van der Waals surface area contributed by atoms with Gasteiger partial charge in [-0.3, -0.25) is 4.79 Å². The number of amides is 1. The van der Waals surface area contributed by atoms with Crippen LogP contribution in [-0.2, 0) is 14.8 Å². The van der Waals surface area contributed by atoms with Crippen molar-refractivity contribution in [1.82, 2.24) is 14.7 Å². The monoisotopic (exact) mass is 447 g/mol. The highest BCUT2D eigenvalue weighted by atomic mass is 35.5. The minimum absolute atomic E-state index is 0.0357. The van der Waals surface area contributed by atoms with E-state index in [-0.39, 0.29) is 18.0 Å². The van der Waals surface area contributed by atoms with Crippen molar-refractivity contribution in [2.75, 3.05) is 11.6 Å². The van der Waals surface area contributed by atoms with E-state index in [4.69, 9.17) is 11.6 Å². The van der Waals surface area contributed by atoms with E-state index in [2.05, 4.69) is 25.0 Å². The smallest absolute Gasteiger partial charge is 0.259 e. The summed E-state index contributed by atoms with van der Waals surface area (Å²) in [6.07, 6.45) is 7.70. The second-order valence-corrected chi connectivity index (χ2v) is 9.86. The minimum atomic E-state index is -3.19. The first kappa shape index (κ1) is 20.9. The van der Waals surface area contributed by atoms with Crippen molar-refractivity contribution in [2.24, 2.45) is 4.99 Å². The van der Waals surface area contributed by atoms with Crippen molar-refractivity contribution in [3.8, 4) is 0 Å². The average molecular weight is 448 g/mol. The number of aromatic nitrogens is 2. The molecule has 30 heavy (non-hydrogen) atoms. The highest BCUT2D eigenvalue weighted by Gasteiger charge is 2.25. The number of hydrogen-bond acceptors (Lipinski definition) is 6. The summed E-state index contributed by atoms with van der Waals surface area (Å²) in [5.74, 6) is -0.451. The normalized spacial score (nSPS) is 23.8. The van der Waals surface area contributed by atoms with Crippen molar-refractivity contribution in [2.45, 2.75) is 43.7 Å². The first-order valence-corrected chi connectivity index (χ1v) is 12.0. The fourth-order valence-electron chi connectivity index (χ4n) is 3.87. The summed E-state index contributed by atoms with van der Waals surface area (Å²) in [4.78, 5) is 25.5. The maximum absolute atomic E-state index is 12.6. The highest BCUT2D eigenvalue weighted by Crippen LogP contribution is 2.27. The molecule has 1 aliphatic heterocycles. The van der Waals surface area contributed by atoms with Crippen LogP contribution in [0.25, 0.3) is 6.08 Å². The van der Waals surface area contributed by atoms with E-state index in [1.807, 2.05) is 18.2 Å². The fraction of sp³-hybridized carbons (Fsp3) is 0.400. The Labute approximate surface area is 179 Å². The summed E-state index contributed by atoms with van der Waals surface area (Å²) in [5, 5.41) is 4.48. The van der Waals surface area contributed by atoms with Gasteiger partial charge in [0.15, 0.2) is 5.49 Å². The van der Waals surface area contributed by atoms with Gasteiger partial charge in [-0.2, -0.15) is 9.98 Å². The Balaban J connectivity index is 1.48. The first-order valence-electron chi connectivity index (χ1n) is 9.74. The van der Waals surface area contributed by atoms with Crippen LogP contribution in [0.2, 0.25) is 5.02 Å². The average Bonchev–Trinajstić information content (AvgIpc) is 2.68. The number of hydrogen-bond donors (Lipinski definition) is 2. The van der Waals surface area contributed by atoms with Crippen LogP contribution in [0, 0.1) is 0 Å². The number of fused-ring (bicyclic) bond motifs is 1. The molecule has 1 aromatic carbocycles. The molecule has 0 radical (unpaired) electrons. The van der Waals surface area contributed by atoms with Gasteiger partial charge in [0.2, 0.25) is 16.0 Å². The lowest BCUT2D eigenvalue weighted by atomic mass is 9.92. The molecule has 4 rings (SSSR count). The van der Waals surface area contributed by atoms with E-state index in [1.54, 1.807) is 18.3 Å². The van der Waals surface area contributed by atoms with Gasteiger partial charge >= 0.3 is 0 Å². The van der Waals surface area contributed by atoms with Crippen molar-refractivity contribution < 1.29 is 13.2 Å². The molecular weight excluding hydrogens is 426 g/mol. The maximum atomic E-state index is 12.6. The van der Waals surface area contributed by atoms with Crippen LogP contribution in [0.5, 0.6) is 0 Å². The van der Waals surface area contributed by atoms with Gasteiger partial charge in [-0.05, 0) is 37.3 Å². The van der Waals surface area contributed by atoms with E-state index < -0.39 is 15.9 Å². The summed E-state index contributed by atoms with van der Waals surface area (Å²) in [6.45, 7) is 0. The number of anilines is 1. The van der Waals surface area contributed by atoms with Gasteiger partial charge < -0.3 is 5.32 Å². The summed E-state index contributed by atoms with van der Waals surface area (Å²) >= 11 is 6.24. The van der Waals surface area contributed by atoms with Crippen molar-refractivity contribution in [1.29, 1.82) is 0 Å². The number of carbonyl (C=O) groups excluding carboxylic acids is 1. The lowest BCUT2D eigenvalue weighted by molar-refractivity contribution is -0.118. The third-order valence-corrected chi connectivity index (χ3v) is 6.41. The van der Waals surface area contributed by atoms with Gasteiger partial charge in [-0.25, -0.2) is 18.1 Å². The van der Waals surface area contributed by atoms with E-state index in [9.17, 15) is 13.2 Å². The second kappa shape index (κ2) is 8.41. The molecule has 1 aromatic heterocycles. The Morgan fingerprint density at radius 1 is 1.10 bits per heavy atom. The van der Waals surface area contributed by atoms with Gasteiger partial charge in [-0.15, -0.1) is 0 Å². The molecular formula is C20H22ClN5O3S. The van der Waals surface area contributed by atoms with E-state index in [1.165, 1.54) is 6.26 Å². The van der Waals surface area contributed by atoms with E-state index >= 15 is 0 Å². The van der Waals surface area contributed by atoms with Crippen molar-refractivity contribution in [3.63, 3.8) is 0 Å². The van der Waals surface area contributed by atoms with Crippen LogP contribution >= 0.6 is 11.6 Å². The van der Waals surface area contributed by atoms with Crippen molar-refractivity contribution >= 4 is 39.6 Å². The van der Waals surface area contributed by atoms with Gasteiger partial charge in [-0.1, -0.05) is 35.9 Å². The zero-order valence-corrected chi connectivity index (χ0v) is 17.9. The third kappa shape index (κ3) is 4.85. The Morgan fingerprint density at radius 3 is 2.50 bits per heavy atom. The molecule has 0 spiro atoms. The molecule has 0 bridgehead atoms. The topological polar surface area (TPSA) is 113 Å². The molecule has 2 N–H and O–H groups in total. The standard InChI is InChI=1S/C20H22ClN5O3S/c1-30(28,29)26-14-8-6-13(7-9-14)23-20-22-11-12-10-16(19(27)24-18(12)25-20)15-4-2-3-5-17(15)21/h2-5,10-11,13-14,16,26H,6-9H2,1H3,(H,23,24,25,27)/t13-,14-,16?. The molecule has 0 saturated heterocycles. The Kier molecular flexibility index (Phi) is 5.86. The largest absolute Gasteiger partial charge is 0.351 e. The first-order chi connectivity index (χ1) is 14.3. The van der Waals surface area contributed by atoms with Crippen LogP contribution in [0.1, 0.15) is 37.2 Å². The SMILES string of the molecule is CS(=O)(=O)N[C@H]1CC[C@H](Nc2ncc3c(n2)=NC(=O)C(c2ccccc2Cl)C=3)CC1. The quantitative estimate of drug-likeness (QED) is 0.710. The Hall–Kier alpha value is -2.36. The molecule has 1 aliphatic carbocycles. The van der Waals surface area contributed by atoms with Gasteiger partial charge in [0.25, 0.3) is 5.91 Å². The van der Waals surface area contributed by atoms with E-state index in [0.717, 1.165) is 25.7 Å². The molecule has 1 atom stereocenters. The molecule has 2 aliphatic rings. The number of sulfonamides is 1. The van der Waals surface area contributed by atoms with E-state index in [0.29, 0.717) is 27.2 Å². The lowest BCUT2D eigenvalue weighted by Gasteiger charge is -2.29. The molecule has 1 fully saturated rings. The summed E-state index contributed by atoms with van der Waals surface area (Å²) in [7, 11) is -3.19. The molecule has 10 heteroatoms. The van der Waals surface area contributed by atoms with Crippen LogP contribution in [0.4, 0.5) is 5.95 Å². The van der Waals surface area contributed by atoms with Crippen LogP contribution in [-0.4, -0.2) is 42.6 Å². The molecule has 1 unspecified atom stereocenters. The molecule has 1 amide bonds. The molecule has 2 aromatic rings. The van der Waals surface area contributed by atoms with Crippen LogP contribution in [0.3, 0.4) is 0 Å². The number of carbonyl (C=O) groups is 1. The predicted molar refractivity (Wildman–Crippen MR) is 114 cm³/mol. The van der Waals surface area contributed by atoms with Crippen LogP contribution in [0.15, 0.2) is 35.5 Å². The van der Waals surface area contributed by atoms with Gasteiger partial charge in [0, 0.05) is 28.5 Å². The predicted octanol–water partition coefficient (Wildman–Crippen LogP) is 1.13.